The molecule has 2 heterocycles. The molecule has 2 aromatic carbocycles. The first kappa shape index (κ1) is 17.0. The summed E-state index contributed by atoms with van der Waals surface area (Å²) >= 11 is 0. The van der Waals surface area contributed by atoms with Crippen LogP contribution in [0.1, 0.15) is 23.5 Å². The topological polar surface area (TPSA) is 56.1 Å². The van der Waals surface area contributed by atoms with Crippen LogP contribution in [0.2, 0.25) is 0 Å². The summed E-state index contributed by atoms with van der Waals surface area (Å²) in [5.74, 6) is 0.585. The molecule has 5 nitrogen and oxygen atoms in total. The zero-order valence-corrected chi connectivity index (χ0v) is 14.6. The van der Waals surface area contributed by atoms with Gasteiger partial charge in [0.2, 0.25) is 5.91 Å². The minimum Gasteiger partial charge on any atom is -0.489 e. The Morgan fingerprint density at radius 3 is 2.93 bits per heavy atom. The monoisotopic (exact) mass is 363 g/mol. The van der Waals surface area contributed by atoms with Gasteiger partial charge in [0.05, 0.1) is 11.9 Å². The molecular formula is C21H18FN3O2. The van der Waals surface area contributed by atoms with Gasteiger partial charge >= 0.3 is 0 Å². The van der Waals surface area contributed by atoms with Gasteiger partial charge in [-0.1, -0.05) is 36.9 Å². The third-order valence-corrected chi connectivity index (χ3v) is 4.52. The van der Waals surface area contributed by atoms with Gasteiger partial charge in [0.25, 0.3) is 0 Å². The van der Waals surface area contributed by atoms with Crippen LogP contribution in [-0.4, -0.2) is 22.3 Å². The molecule has 0 spiro atoms. The van der Waals surface area contributed by atoms with Crippen molar-refractivity contribution < 1.29 is 13.9 Å². The number of carbonyl (C=O) groups is 1. The highest BCUT2D eigenvalue weighted by atomic mass is 19.1. The Morgan fingerprint density at radius 1 is 1.26 bits per heavy atom. The van der Waals surface area contributed by atoms with Crippen molar-refractivity contribution in [2.75, 3.05) is 11.9 Å². The molecule has 0 fully saturated rings. The first-order valence-electron chi connectivity index (χ1n) is 8.63. The molecule has 1 unspecified atom stereocenters. The number of fused-ring (bicyclic) bond motifs is 1. The largest absolute Gasteiger partial charge is 0.489 e. The molecule has 4 rings (SSSR count). The molecule has 6 heteroatoms. The van der Waals surface area contributed by atoms with Crippen LogP contribution in [0.4, 0.5) is 10.2 Å². The van der Waals surface area contributed by atoms with Crippen LogP contribution in [0, 0.1) is 5.82 Å². The van der Waals surface area contributed by atoms with Crippen molar-refractivity contribution >= 4 is 11.7 Å². The number of amides is 1. The van der Waals surface area contributed by atoms with E-state index in [1.807, 2.05) is 24.3 Å². The van der Waals surface area contributed by atoms with Gasteiger partial charge in [-0.15, -0.1) is 0 Å². The zero-order valence-electron chi connectivity index (χ0n) is 14.6. The van der Waals surface area contributed by atoms with Crippen molar-refractivity contribution in [3.05, 3.63) is 84.3 Å². The Morgan fingerprint density at radius 2 is 2.11 bits per heavy atom. The number of hydrogen-bond donors (Lipinski definition) is 1. The van der Waals surface area contributed by atoms with E-state index in [-0.39, 0.29) is 24.1 Å². The van der Waals surface area contributed by atoms with Gasteiger partial charge in [-0.3, -0.25) is 4.79 Å². The van der Waals surface area contributed by atoms with Gasteiger partial charge in [-0.2, -0.15) is 5.10 Å². The zero-order chi connectivity index (χ0) is 18.8. The van der Waals surface area contributed by atoms with E-state index < -0.39 is 0 Å². The fourth-order valence-corrected chi connectivity index (χ4v) is 3.35. The van der Waals surface area contributed by atoms with E-state index in [1.54, 1.807) is 29.1 Å². The van der Waals surface area contributed by atoms with Crippen LogP contribution in [0.25, 0.3) is 5.69 Å². The normalized spacial score (nSPS) is 15.7. The number of aromatic nitrogens is 2. The van der Waals surface area contributed by atoms with E-state index in [0.29, 0.717) is 23.9 Å². The molecule has 0 radical (unpaired) electrons. The Bertz CT molecular complexity index is 1010. The Labute approximate surface area is 156 Å². The number of hydrogen-bond acceptors (Lipinski definition) is 3. The predicted octanol–water partition coefficient (Wildman–Crippen LogP) is 4.05. The maximum absolute atomic E-state index is 13.6. The van der Waals surface area contributed by atoms with Crippen molar-refractivity contribution in [3.63, 3.8) is 0 Å². The SMILES string of the molecule is C=CCOc1ccccc1C1CC(=O)Nc2c1cnn2-c1cccc(F)c1. The maximum Gasteiger partial charge on any atom is 0.226 e. The van der Waals surface area contributed by atoms with Crippen LogP contribution in [0.3, 0.4) is 0 Å². The lowest BCUT2D eigenvalue weighted by atomic mass is 9.87. The van der Waals surface area contributed by atoms with Crippen LogP contribution in [-0.2, 0) is 4.79 Å². The van der Waals surface area contributed by atoms with E-state index >= 15 is 0 Å². The number of benzene rings is 2. The van der Waals surface area contributed by atoms with E-state index in [0.717, 1.165) is 11.1 Å². The summed E-state index contributed by atoms with van der Waals surface area (Å²) in [7, 11) is 0. The molecule has 1 N–H and O–H groups in total. The molecule has 1 aromatic heterocycles. The minimum atomic E-state index is -0.362. The van der Waals surface area contributed by atoms with Crippen LogP contribution in [0.5, 0.6) is 5.75 Å². The Kier molecular flexibility index (Phi) is 4.46. The lowest BCUT2D eigenvalue weighted by molar-refractivity contribution is -0.116. The van der Waals surface area contributed by atoms with Crippen molar-refractivity contribution in [3.8, 4) is 11.4 Å². The molecule has 1 aliphatic rings. The van der Waals surface area contributed by atoms with Crippen LogP contribution >= 0.6 is 0 Å². The molecule has 136 valence electrons. The minimum absolute atomic E-state index is 0.121. The number of ether oxygens (including phenoxy) is 1. The van der Waals surface area contributed by atoms with E-state index in [4.69, 9.17) is 4.74 Å². The summed E-state index contributed by atoms with van der Waals surface area (Å²) in [5, 5.41) is 7.26. The highest BCUT2D eigenvalue weighted by Crippen LogP contribution is 2.41. The summed E-state index contributed by atoms with van der Waals surface area (Å²) in [6, 6.07) is 13.7. The summed E-state index contributed by atoms with van der Waals surface area (Å²) in [6.07, 6.45) is 3.68. The lowest BCUT2D eigenvalue weighted by Gasteiger charge is -2.25. The van der Waals surface area contributed by atoms with E-state index in [9.17, 15) is 9.18 Å². The van der Waals surface area contributed by atoms with Crippen molar-refractivity contribution in [1.29, 1.82) is 0 Å². The second kappa shape index (κ2) is 7.07. The third-order valence-electron chi connectivity index (χ3n) is 4.52. The fraction of sp³-hybridized carbons (Fsp3) is 0.143. The van der Waals surface area contributed by atoms with Gasteiger partial charge in [-0.05, 0) is 24.3 Å². The average Bonchev–Trinajstić information content (AvgIpc) is 3.09. The molecule has 0 aliphatic carbocycles. The first-order chi connectivity index (χ1) is 13.2. The van der Waals surface area contributed by atoms with Crippen molar-refractivity contribution in [1.82, 2.24) is 9.78 Å². The average molecular weight is 363 g/mol. The smallest absolute Gasteiger partial charge is 0.226 e. The van der Waals surface area contributed by atoms with E-state index in [2.05, 4.69) is 17.0 Å². The first-order valence-corrected chi connectivity index (χ1v) is 8.63. The van der Waals surface area contributed by atoms with Crippen LogP contribution < -0.4 is 10.1 Å². The van der Waals surface area contributed by atoms with Gasteiger partial charge in [0, 0.05) is 23.5 Å². The number of rotatable bonds is 5. The van der Waals surface area contributed by atoms with Crippen molar-refractivity contribution in [2.24, 2.45) is 0 Å². The quantitative estimate of drug-likeness (QED) is 0.696. The molecule has 1 amide bonds. The molecule has 3 aromatic rings. The molecule has 1 atom stereocenters. The predicted molar refractivity (Wildman–Crippen MR) is 101 cm³/mol. The number of para-hydroxylation sites is 1. The Balaban J connectivity index is 1.79. The Hall–Kier alpha value is -3.41. The van der Waals surface area contributed by atoms with Crippen molar-refractivity contribution in [2.45, 2.75) is 12.3 Å². The maximum atomic E-state index is 13.6. The number of anilines is 1. The summed E-state index contributed by atoms with van der Waals surface area (Å²) in [6.45, 7) is 4.06. The number of nitrogens with zero attached hydrogens (tertiary/aromatic N) is 2. The second-order valence-corrected chi connectivity index (χ2v) is 6.28. The summed E-state index contributed by atoms with van der Waals surface area (Å²) in [4.78, 5) is 12.4. The molecule has 0 saturated heterocycles. The van der Waals surface area contributed by atoms with Gasteiger partial charge in [-0.25, -0.2) is 9.07 Å². The molecule has 0 saturated carbocycles. The molecule has 27 heavy (non-hydrogen) atoms. The van der Waals surface area contributed by atoms with Crippen LogP contribution in [0.15, 0.2) is 67.4 Å². The summed E-state index contributed by atoms with van der Waals surface area (Å²) in [5.41, 5.74) is 2.33. The highest BCUT2D eigenvalue weighted by Gasteiger charge is 2.32. The summed E-state index contributed by atoms with van der Waals surface area (Å²) < 4.78 is 20.9. The molecular weight excluding hydrogens is 345 g/mol. The van der Waals surface area contributed by atoms with Gasteiger partial charge < -0.3 is 10.1 Å². The second-order valence-electron chi connectivity index (χ2n) is 6.28. The van der Waals surface area contributed by atoms with Gasteiger partial charge in [0.1, 0.15) is 24.0 Å². The molecule has 1 aliphatic heterocycles. The fourth-order valence-electron chi connectivity index (χ4n) is 3.35. The van der Waals surface area contributed by atoms with E-state index in [1.165, 1.54) is 12.1 Å². The number of nitrogens with one attached hydrogen (secondary N) is 1. The standard InChI is InChI=1S/C21H18FN3O2/c1-2-10-27-19-9-4-3-8-16(19)17-12-20(26)24-21-18(17)13-23-25(21)15-7-5-6-14(22)11-15/h2-9,11,13,17H,1,10,12H2,(H,24,26). The number of carbonyl (C=O) groups excluding carboxylic acids is 1. The van der Waals surface area contributed by atoms with Gasteiger partial charge in [0.15, 0.2) is 0 Å². The highest BCUT2D eigenvalue weighted by molar-refractivity contribution is 5.94. The number of halogens is 1. The third kappa shape index (κ3) is 3.21. The molecule has 0 bridgehead atoms. The lowest BCUT2D eigenvalue weighted by Crippen LogP contribution is -2.25.